The highest BCUT2D eigenvalue weighted by Crippen LogP contribution is 2.25. The van der Waals surface area contributed by atoms with Gasteiger partial charge in [0.15, 0.2) is 5.82 Å². The largest absolute Gasteiger partial charge is 0.391 e. The van der Waals surface area contributed by atoms with E-state index in [4.69, 9.17) is 4.74 Å². The molecule has 0 bridgehead atoms. The lowest BCUT2D eigenvalue weighted by atomic mass is 9.91. The van der Waals surface area contributed by atoms with Gasteiger partial charge < -0.3 is 19.3 Å². The number of aliphatic hydroxyl groups is 1. The number of likely N-dealkylation sites (N-methyl/N-ethyl adjacent to an activating group) is 1. The number of rotatable bonds is 4. The fourth-order valence-electron chi connectivity index (χ4n) is 3.81. The Morgan fingerprint density at radius 1 is 1.42 bits per heavy atom. The lowest BCUT2D eigenvalue weighted by molar-refractivity contribution is -0.0700. The van der Waals surface area contributed by atoms with Crippen molar-refractivity contribution >= 4 is 5.82 Å². The first-order chi connectivity index (χ1) is 11.6. The Bertz CT molecular complexity index is 606. The number of hydrogen-bond acceptors (Lipinski definition) is 6. The lowest BCUT2D eigenvalue weighted by Crippen LogP contribution is -2.55. The van der Waals surface area contributed by atoms with Crippen LogP contribution in [0.15, 0.2) is 17.2 Å². The van der Waals surface area contributed by atoms with Gasteiger partial charge in [0.2, 0.25) is 0 Å². The van der Waals surface area contributed by atoms with Crippen LogP contribution in [-0.2, 0) is 11.8 Å². The van der Waals surface area contributed by atoms with Crippen LogP contribution in [0.1, 0.15) is 25.7 Å². The van der Waals surface area contributed by atoms with E-state index < -0.39 is 0 Å². The van der Waals surface area contributed by atoms with Crippen molar-refractivity contribution in [2.24, 2.45) is 7.05 Å². The highest BCUT2D eigenvalue weighted by atomic mass is 16.5. The number of hydrogen-bond donors (Lipinski definition) is 1. The molecule has 2 aliphatic rings. The number of nitrogens with zero attached hydrogens (tertiary/aromatic N) is 4. The molecule has 1 aliphatic carbocycles. The molecule has 3 atom stereocenters. The van der Waals surface area contributed by atoms with Crippen molar-refractivity contribution in [3.05, 3.63) is 22.7 Å². The molecule has 1 aromatic heterocycles. The van der Waals surface area contributed by atoms with Crippen molar-refractivity contribution in [2.45, 2.75) is 43.9 Å². The number of ether oxygens (including phenoxy) is 1. The van der Waals surface area contributed by atoms with Gasteiger partial charge in [0.1, 0.15) is 0 Å². The summed E-state index contributed by atoms with van der Waals surface area (Å²) in [7, 11) is 3.60. The van der Waals surface area contributed by atoms with Crippen molar-refractivity contribution in [2.75, 3.05) is 38.2 Å². The lowest BCUT2D eigenvalue weighted by Gasteiger charge is -2.42. The molecule has 1 saturated heterocycles. The molecular weight excluding hydrogens is 308 g/mol. The highest BCUT2D eigenvalue weighted by molar-refractivity contribution is 5.34. The molecule has 0 aromatic carbocycles. The third-order valence-corrected chi connectivity index (χ3v) is 5.17. The van der Waals surface area contributed by atoms with Gasteiger partial charge in [-0.1, -0.05) is 12.8 Å². The monoisotopic (exact) mass is 336 g/mol. The minimum Gasteiger partial charge on any atom is -0.391 e. The Morgan fingerprint density at radius 3 is 3.00 bits per heavy atom. The molecular formula is C17H28N4O3. The summed E-state index contributed by atoms with van der Waals surface area (Å²) >= 11 is 0. The van der Waals surface area contributed by atoms with Gasteiger partial charge in [0.05, 0.1) is 18.8 Å². The van der Waals surface area contributed by atoms with Gasteiger partial charge >= 0.3 is 0 Å². The van der Waals surface area contributed by atoms with Crippen LogP contribution in [0.25, 0.3) is 0 Å². The zero-order valence-electron chi connectivity index (χ0n) is 14.6. The third-order valence-electron chi connectivity index (χ3n) is 5.17. The molecule has 0 radical (unpaired) electrons. The topological polar surface area (TPSA) is 70.8 Å². The second-order valence-corrected chi connectivity index (χ2v) is 6.95. The smallest absolute Gasteiger partial charge is 0.293 e. The van der Waals surface area contributed by atoms with E-state index in [1.807, 2.05) is 11.9 Å². The standard InChI is InChI=1S/C17H28N4O3/c1-19-8-7-18-16(17(19)23)20(2)11-13-12-21(9-10-24-13)14-5-3-4-6-15(14)22/h7-8,13-15,22H,3-6,9-12H2,1-2H3/t13-,14+,15+/m1/s1. The Labute approximate surface area is 142 Å². The summed E-state index contributed by atoms with van der Waals surface area (Å²) in [5.74, 6) is 0.443. The third kappa shape index (κ3) is 3.79. The summed E-state index contributed by atoms with van der Waals surface area (Å²) in [5, 5.41) is 10.3. The van der Waals surface area contributed by atoms with E-state index in [-0.39, 0.29) is 23.8 Å². The van der Waals surface area contributed by atoms with Gasteiger partial charge in [0, 0.05) is 52.2 Å². The van der Waals surface area contributed by atoms with Gasteiger partial charge in [-0.2, -0.15) is 0 Å². The molecule has 7 nitrogen and oxygen atoms in total. The Kier molecular flexibility index (Phi) is 5.53. The Morgan fingerprint density at radius 2 is 2.21 bits per heavy atom. The van der Waals surface area contributed by atoms with E-state index in [1.54, 1.807) is 19.4 Å². The maximum absolute atomic E-state index is 12.2. The minimum absolute atomic E-state index is 0.0181. The first-order valence-electron chi connectivity index (χ1n) is 8.82. The molecule has 2 heterocycles. The van der Waals surface area contributed by atoms with E-state index in [2.05, 4.69) is 9.88 Å². The molecule has 7 heteroatoms. The van der Waals surface area contributed by atoms with Crippen molar-refractivity contribution < 1.29 is 9.84 Å². The van der Waals surface area contributed by atoms with E-state index in [0.717, 1.165) is 32.4 Å². The summed E-state index contributed by atoms with van der Waals surface area (Å²) < 4.78 is 7.43. The predicted octanol–water partition coefficient (Wildman–Crippen LogP) is 0.221. The second kappa shape index (κ2) is 7.63. The maximum atomic E-state index is 12.2. The van der Waals surface area contributed by atoms with Gasteiger partial charge in [0.25, 0.3) is 5.56 Å². The number of aromatic nitrogens is 2. The number of anilines is 1. The Hall–Kier alpha value is -1.44. The molecule has 24 heavy (non-hydrogen) atoms. The van der Waals surface area contributed by atoms with Crippen LogP contribution < -0.4 is 10.5 Å². The fourth-order valence-corrected chi connectivity index (χ4v) is 3.81. The molecule has 134 valence electrons. The average molecular weight is 336 g/mol. The summed E-state index contributed by atoms with van der Waals surface area (Å²) in [6.45, 7) is 2.94. The van der Waals surface area contributed by atoms with Gasteiger partial charge in [-0.3, -0.25) is 9.69 Å². The average Bonchev–Trinajstić information content (AvgIpc) is 2.58. The van der Waals surface area contributed by atoms with Crippen LogP contribution in [0.4, 0.5) is 5.82 Å². The van der Waals surface area contributed by atoms with Crippen LogP contribution in [0, 0.1) is 0 Å². The zero-order valence-corrected chi connectivity index (χ0v) is 14.6. The van der Waals surface area contributed by atoms with Gasteiger partial charge in [-0.25, -0.2) is 4.98 Å². The Balaban J connectivity index is 1.62. The molecule has 1 aromatic rings. The number of morpholine rings is 1. The number of aliphatic hydroxyl groups excluding tert-OH is 1. The summed E-state index contributed by atoms with van der Waals surface area (Å²) in [6.07, 6.45) is 7.36. The zero-order chi connectivity index (χ0) is 17.1. The van der Waals surface area contributed by atoms with E-state index >= 15 is 0 Å². The molecule has 1 aliphatic heterocycles. The quantitative estimate of drug-likeness (QED) is 0.848. The molecule has 1 N–H and O–H groups in total. The van der Waals surface area contributed by atoms with Crippen molar-refractivity contribution in [3.63, 3.8) is 0 Å². The summed E-state index contributed by atoms with van der Waals surface area (Å²) in [5.41, 5.74) is -0.102. The highest BCUT2D eigenvalue weighted by Gasteiger charge is 2.33. The molecule has 1 saturated carbocycles. The van der Waals surface area contributed by atoms with Crippen molar-refractivity contribution in [1.29, 1.82) is 0 Å². The van der Waals surface area contributed by atoms with Crippen LogP contribution in [0.2, 0.25) is 0 Å². The summed E-state index contributed by atoms with van der Waals surface area (Å²) in [4.78, 5) is 20.6. The van der Waals surface area contributed by atoms with Crippen LogP contribution in [0.5, 0.6) is 0 Å². The van der Waals surface area contributed by atoms with E-state index in [0.29, 0.717) is 19.0 Å². The molecule has 3 rings (SSSR count). The second-order valence-electron chi connectivity index (χ2n) is 6.95. The molecule has 0 spiro atoms. The van der Waals surface area contributed by atoms with E-state index in [1.165, 1.54) is 11.0 Å². The first-order valence-corrected chi connectivity index (χ1v) is 8.82. The first kappa shape index (κ1) is 17.4. The normalized spacial score (nSPS) is 28.7. The van der Waals surface area contributed by atoms with Gasteiger partial charge in [-0.15, -0.1) is 0 Å². The SMILES string of the molecule is CN(C[C@@H]1CN([C@H]2CCCC[C@@H]2O)CCO1)c1nccn(C)c1=O. The molecule has 0 unspecified atom stereocenters. The van der Waals surface area contributed by atoms with Crippen LogP contribution in [-0.4, -0.2) is 71.1 Å². The summed E-state index contributed by atoms with van der Waals surface area (Å²) in [6, 6.07) is 0.248. The minimum atomic E-state index is -0.224. The fraction of sp³-hybridized carbons (Fsp3) is 0.765. The molecule has 2 fully saturated rings. The van der Waals surface area contributed by atoms with E-state index in [9.17, 15) is 9.90 Å². The molecule has 0 amide bonds. The van der Waals surface area contributed by atoms with Crippen molar-refractivity contribution in [3.8, 4) is 0 Å². The van der Waals surface area contributed by atoms with Crippen molar-refractivity contribution in [1.82, 2.24) is 14.5 Å². The maximum Gasteiger partial charge on any atom is 0.293 e. The van der Waals surface area contributed by atoms with Crippen LogP contribution >= 0.6 is 0 Å². The van der Waals surface area contributed by atoms with Crippen LogP contribution in [0.3, 0.4) is 0 Å². The number of aryl methyl sites for hydroxylation is 1. The van der Waals surface area contributed by atoms with Gasteiger partial charge in [-0.05, 0) is 12.8 Å². The predicted molar refractivity (Wildman–Crippen MR) is 92.3 cm³/mol.